The Bertz CT molecular complexity index is 348. The lowest BCUT2D eigenvalue weighted by atomic mass is 9.54. The first kappa shape index (κ1) is 13.1. The van der Waals surface area contributed by atoms with E-state index < -0.39 is 5.97 Å². The van der Waals surface area contributed by atoms with Crippen molar-refractivity contribution in [1.82, 2.24) is 0 Å². The van der Waals surface area contributed by atoms with Gasteiger partial charge in [-0.2, -0.15) is 0 Å². The lowest BCUT2D eigenvalue weighted by molar-refractivity contribution is -0.131. The minimum atomic E-state index is -0.720. The van der Waals surface area contributed by atoms with E-state index in [2.05, 4.69) is 11.3 Å². The maximum Gasteiger partial charge on any atom is 0.345 e. The number of nitrogens with zero attached hydrogens (tertiary/aromatic N) is 1. The van der Waals surface area contributed by atoms with Gasteiger partial charge in [0.1, 0.15) is 0 Å². The van der Waals surface area contributed by atoms with Gasteiger partial charge in [-0.3, -0.25) is 0 Å². The number of nitriles is 1. The van der Waals surface area contributed by atoms with Crippen molar-refractivity contribution in [2.24, 2.45) is 17.8 Å². The Morgan fingerprint density at radius 3 is 1.94 bits per heavy atom. The van der Waals surface area contributed by atoms with Crippen LogP contribution in [0.5, 0.6) is 0 Å². The molecule has 18 heavy (non-hydrogen) atoms. The second-order valence-electron chi connectivity index (χ2n) is 5.86. The Morgan fingerprint density at radius 1 is 1.28 bits per heavy atom. The summed E-state index contributed by atoms with van der Waals surface area (Å²) in [5, 5.41) is 17.7. The summed E-state index contributed by atoms with van der Waals surface area (Å²) >= 11 is 0. The van der Waals surface area contributed by atoms with Gasteiger partial charge in [0.2, 0.25) is 0 Å². The molecule has 0 heterocycles. The summed E-state index contributed by atoms with van der Waals surface area (Å²) in [6.45, 7) is 3.05. The molecule has 4 saturated carbocycles. The lowest BCUT2D eigenvalue weighted by Crippen LogP contribution is -2.50. The zero-order valence-electron chi connectivity index (χ0n) is 10.5. The Hall–Kier alpha value is -1.34. The van der Waals surface area contributed by atoms with Gasteiger partial charge in [-0.25, -0.2) is 4.79 Å². The summed E-state index contributed by atoms with van der Waals surface area (Å²) in [6.07, 6.45) is 9.78. The minimum absolute atomic E-state index is 0.200. The van der Waals surface area contributed by atoms with E-state index in [1.54, 1.807) is 0 Å². The average Bonchev–Trinajstić information content (AvgIpc) is 2.26. The van der Waals surface area contributed by atoms with E-state index in [9.17, 15) is 9.90 Å². The smallest absolute Gasteiger partial charge is 0.345 e. The number of esters is 1. The molecular formula is C14H19NO3. The van der Waals surface area contributed by atoms with E-state index in [1.807, 2.05) is 0 Å². The quantitative estimate of drug-likeness (QED) is 0.439. The fourth-order valence-electron chi connectivity index (χ4n) is 4.15. The molecule has 4 heteroatoms. The molecule has 4 aliphatic carbocycles. The highest BCUT2D eigenvalue weighted by Gasteiger charge is 2.49. The number of carbonyl (C=O) groups is 1. The van der Waals surface area contributed by atoms with Crippen LogP contribution >= 0.6 is 0 Å². The fraction of sp³-hybridized carbons (Fsp3) is 0.714. The monoisotopic (exact) mass is 249 g/mol. The third kappa shape index (κ3) is 2.91. The van der Waals surface area contributed by atoms with Crippen LogP contribution in [0.3, 0.4) is 0 Å². The van der Waals surface area contributed by atoms with Crippen LogP contribution in [0.4, 0.5) is 0 Å². The molecule has 0 saturated heterocycles. The number of ether oxygens (including phenoxy) is 1. The standard InChI is InChI=1S/C10H16O.C4H3NO2/c11-10-4-7-1-8(5-10)3-9(2-7)6-10;1-2-4(6)7-3-5/h7-9,11H,1-6H2;2H,1H2. The maximum absolute atomic E-state index is 10.1. The van der Waals surface area contributed by atoms with Gasteiger partial charge < -0.3 is 9.84 Å². The van der Waals surface area contributed by atoms with Gasteiger partial charge >= 0.3 is 5.97 Å². The molecule has 4 bridgehead atoms. The second-order valence-corrected chi connectivity index (χ2v) is 5.86. The molecule has 0 aromatic heterocycles. The van der Waals surface area contributed by atoms with Crippen molar-refractivity contribution in [2.45, 2.75) is 44.1 Å². The minimum Gasteiger partial charge on any atom is -0.390 e. The fourth-order valence-corrected chi connectivity index (χ4v) is 4.15. The molecule has 0 aromatic rings. The van der Waals surface area contributed by atoms with Crippen molar-refractivity contribution < 1.29 is 14.6 Å². The largest absolute Gasteiger partial charge is 0.390 e. The summed E-state index contributed by atoms with van der Waals surface area (Å²) in [6, 6.07) is 0. The molecule has 1 N–H and O–H groups in total. The zero-order chi connectivity index (χ0) is 13.2. The highest BCUT2D eigenvalue weighted by molar-refractivity contribution is 5.81. The summed E-state index contributed by atoms with van der Waals surface area (Å²) in [5.74, 6) is 1.96. The zero-order valence-corrected chi connectivity index (χ0v) is 10.5. The van der Waals surface area contributed by atoms with Crippen molar-refractivity contribution in [3.8, 4) is 6.26 Å². The van der Waals surface area contributed by atoms with Crippen molar-refractivity contribution in [1.29, 1.82) is 5.26 Å². The highest BCUT2D eigenvalue weighted by Crippen LogP contribution is 2.55. The molecule has 4 aliphatic rings. The van der Waals surface area contributed by atoms with Crippen LogP contribution in [0.25, 0.3) is 0 Å². The first-order valence-electron chi connectivity index (χ1n) is 6.49. The first-order valence-corrected chi connectivity index (χ1v) is 6.49. The van der Waals surface area contributed by atoms with Crippen LogP contribution in [0.1, 0.15) is 38.5 Å². The molecule has 0 aliphatic heterocycles. The Morgan fingerprint density at radius 2 is 1.72 bits per heavy atom. The summed E-state index contributed by atoms with van der Waals surface area (Å²) in [7, 11) is 0. The molecule has 0 spiro atoms. The molecule has 0 amide bonds. The maximum atomic E-state index is 10.1. The Labute approximate surface area is 107 Å². The van der Waals surface area contributed by atoms with Gasteiger partial charge in [0.15, 0.2) is 0 Å². The van der Waals surface area contributed by atoms with Crippen LogP contribution in [0.15, 0.2) is 12.7 Å². The van der Waals surface area contributed by atoms with Gasteiger partial charge in [0.25, 0.3) is 6.26 Å². The molecular weight excluding hydrogens is 230 g/mol. The first-order chi connectivity index (χ1) is 8.54. The molecule has 4 nitrogen and oxygen atoms in total. The van der Waals surface area contributed by atoms with Crippen LogP contribution in [-0.4, -0.2) is 16.7 Å². The van der Waals surface area contributed by atoms with E-state index in [0.717, 1.165) is 43.1 Å². The molecule has 4 fully saturated rings. The summed E-state index contributed by atoms with van der Waals surface area (Å²) < 4.78 is 3.74. The Balaban J connectivity index is 0.000000152. The van der Waals surface area contributed by atoms with Gasteiger partial charge in [0.05, 0.1) is 5.60 Å². The number of aliphatic hydroxyl groups is 1. The third-order valence-electron chi connectivity index (χ3n) is 4.32. The van der Waals surface area contributed by atoms with E-state index in [4.69, 9.17) is 5.26 Å². The van der Waals surface area contributed by atoms with Crippen molar-refractivity contribution in [2.75, 3.05) is 0 Å². The summed E-state index contributed by atoms with van der Waals surface area (Å²) in [4.78, 5) is 9.85. The molecule has 0 unspecified atom stereocenters. The number of hydrogen-bond acceptors (Lipinski definition) is 4. The van der Waals surface area contributed by atoms with Crippen molar-refractivity contribution in [3.05, 3.63) is 12.7 Å². The topological polar surface area (TPSA) is 70.3 Å². The Kier molecular flexibility index (Phi) is 3.72. The molecule has 0 radical (unpaired) electrons. The number of rotatable bonds is 1. The van der Waals surface area contributed by atoms with Gasteiger partial charge in [-0.1, -0.05) is 6.58 Å². The van der Waals surface area contributed by atoms with Crippen molar-refractivity contribution >= 4 is 5.97 Å². The second kappa shape index (κ2) is 5.11. The predicted octanol–water partition coefficient (Wildman–Crippen LogP) is 2.14. The van der Waals surface area contributed by atoms with Gasteiger partial charge in [0, 0.05) is 6.08 Å². The van der Waals surface area contributed by atoms with Crippen LogP contribution in [-0.2, 0) is 9.53 Å². The predicted molar refractivity (Wildman–Crippen MR) is 65.0 cm³/mol. The van der Waals surface area contributed by atoms with Crippen LogP contribution in [0, 0.1) is 29.3 Å². The third-order valence-corrected chi connectivity index (χ3v) is 4.32. The van der Waals surface area contributed by atoms with Crippen LogP contribution in [0.2, 0.25) is 0 Å². The van der Waals surface area contributed by atoms with Gasteiger partial charge in [-0.15, -0.1) is 5.26 Å². The normalized spacial score (nSPS) is 39.2. The number of hydrogen-bond donors (Lipinski definition) is 1. The molecule has 0 aromatic carbocycles. The lowest BCUT2D eigenvalue weighted by Gasteiger charge is -2.54. The molecule has 4 rings (SSSR count). The number of carbonyl (C=O) groups excluding carboxylic acids is 1. The summed E-state index contributed by atoms with van der Waals surface area (Å²) in [5.41, 5.74) is -0.200. The van der Waals surface area contributed by atoms with Crippen molar-refractivity contribution in [3.63, 3.8) is 0 Å². The molecule has 98 valence electrons. The van der Waals surface area contributed by atoms with Crippen LogP contribution < -0.4 is 0 Å². The SMILES string of the molecule is C=CC(=O)OC#N.OC12CC3CC(CC(C3)C1)C2. The van der Waals surface area contributed by atoms with E-state index >= 15 is 0 Å². The molecule has 0 atom stereocenters. The average molecular weight is 249 g/mol. The van der Waals surface area contributed by atoms with Gasteiger partial charge in [-0.05, 0) is 56.3 Å². The van der Waals surface area contributed by atoms with E-state index in [0.29, 0.717) is 0 Å². The van der Waals surface area contributed by atoms with E-state index in [-0.39, 0.29) is 5.60 Å². The van der Waals surface area contributed by atoms with E-state index in [1.165, 1.54) is 25.5 Å². The highest BCUT2D eigenvalue weighted by atomic mass is 16.5.